The van der Waals surface area contributed by atoms with Gasteiger partial charge in [0, 0.05) is 39.7 Å². The van der Waals surface area contributed by atoms with Crippen LogP contribution >= 0.6 is 11.8 Å². The number of aromatic nitrogens is 3. The van der Waals surface area contributed by atoms with Crippen molar-refractivity contribution in [3.8, 4) is 11.3 Å². The van der Waals surface area contributed by atoms with Crippen LogP contribution in [0.2, 0.25) is 0 Å². The van der Waals surface area contributed by atoms with Crippen molar-refractivity contribution >= 4 is 22.7 Å². The van der Waals surface area contributed by atoms with Gasteiger partial charge >= 0.3 is 0 Å². The SMILES string of the molecule is Cc1ccc2nn(CCN(C)C)c3c2c1Sc1cnccc1-3. The number of nitrogens with zero attached hydrogens (tertiary/aromatic N) is 4. The highest BCUT2D eigenvalue weighted by Crippen LogP contribution is 2.48. The molecule has 2 aromatic heterocycles. The van der Waals surface area contributed by atoms with E-state index >= 15 is 0 Å². The molecular weight excluding hydrogens is 292 g/mol. The Labute approximate surface area is 134 Å². The third-order valence-corrected chi connectivity index (χ3v) is 5.34. The largest absolute Gasteiger partial charge is 0.308 e. The van der Waals surface area contributed by atoms with Gasteiger partial charge in [0.2, 0.25) is 0 Å². The van der Waals surface area contributed by atoms with Gasteiger partial charge in [-0.2, -0.15) is 5.10 Å². The van der Waals surface area contributed by atoms with Crippen molar-refractivity contribution in [1.29, 1.82) is 0 Å². The molecule has 0 radical (unpaired) electrons. The Balaban J connectivity index is 2.00. The van der Waals surface area contributed by atoms with Gasteiger partial charge in [0.25, 0.3) is 0 Å². The highest BCUT2D eigenvalue weighted by molar-refractivity contribution is 7.99. The topological polar surface area (TPSA) is 34.0 Å². The summed E-state index contributed by atoms with van der Waals surface area (Å²) >= 11 is 1.81. The molecule has 1 aliphatic heterocycles. The maximum Gasteiger partial charge on any atom is 0.0941 e. The van der Waals surface area contributed by atoms with Crippen LogP contribution in [0.5, 0.6) is 0 Å². The van der Waals surface area contributed by atoms with E-state index in [0.717, 1.165) is 18.6 Å². The predicted octanol–water partition coefficient (Wildman–Crippen LogP) is 3.43. The number of likely N-dealkylation sites (N-methyl/N-ethyl adjacent to an activating group) is 1. The van der Waals surface area contributed by atoms with Crippen molar-refractivity contribution in [2.45, 2.75) is 23.3 Å². The number of benzene rings is 1. The van der Waals surface area contributed by atoms with Crippen LogP contribution in [-0.4, -0.2) is 40.3 Å². The summed E-state index contributed by atoms with van der Waals surface area (Å²) < 4.78 is 2.16. The molecular formula is C17H18N4S. The molecule has 0 unspecified atom stereocenters. The van der Waals surface area contributed by atoms with Gasteiger partial charge in [-0.25, -0.2) is 0 Å². The summed E-state index contributed by atoms with van der Waals surface area (Å²) in [4.78, 5) is 9.03. The van der Waals surface area contributed by atoms with Crippen molar-refractivity contribution in [3.05, 3.63) is 36.2 Å². The fourth-order valence-electron chi connectivity index (χ4n) is 2.93. The zero-order chi connectivity index (χ0) is 15.3. The van der Waals surface area contributed by atoms with Crippen LogP contribution in [0, 0.1) is 6.92 Å². The minimum absolute atomic E-state index is 0.891. The molecule has 0 saturated heterocycles. The molecule has 0 spiro atoms. The summed E-state index contributed by atoms with van der Waals surface area (Å²) in [6, 6.07) is 6.41. The minimum atomic E-state index is 0.891. The van der Waals surface area contributed by atoms with Crippen molar-refractivity contribution in [2.75, 3.05) is 20.6 Å². The van der Waals surface area contributed by atoms with Crippen LogP contribution in [0.25, 0.3) is 22.2 Å². The predicted molar refractivity (Wildman–Crippen MR) is 90.4 cm³/mol. The number of fused-ring (bicyclic) bond motifs is 2. The summed E-state index contributed by atoms with van der Waals surface area (Å²) in [5, 5.41) is 6.15. The van der Waals surface area contributed by atoms with E-state index in [1.165, 1.54) is 32.0 Å². The number of hydrogen-bond donors (Lipinski definition) is 0. The Bertz CT molecular complexity index is 866. The van der Waals surface area contributed by atoms with E-state index in [-0.39, 0.29) is 0 Å². The molecule has 22 heavy (non-hydrogen) atoms. The van der Waals surface area contributed by atoms with Crippen molar-refractivity contribution < 1.29 is 0 Å². The van der Waals surface area contributed by atoms with Crippen LogP contribution < -0.4 is 0 Å². The molecule has 4 nitrogen and oxygen atoms in total. The first-order valence-electron chi connectivity index (χ1n) is 7.42. The third-order valence-electron chi connectivity index (χ3n) is 4.07. The molecule has 0 saturated carbocycles. The summed E-state index contributed by atoms with van der Waals surface area (Å²) in [7, 11) is 4.19. The zero-order valence-electron chi connectivity index (χ0n) is 13.0. The molecule has 0 fully saturated rings. The van der Waals surface area contributed by atoms with Gasteiger partial charge in [-0.05, 0) is 38.7 Å². The second-order valence-corrected chi connectivity index (χ2v) is 7.01. The standard InChI is InChI=1S/C17H18N4S/c1-11-4-5-13-15-16(21(19-13)9-8-20(2)3)12-6-7-18-10-14(12)22-17(11)15/h4-7,10H,8-9H2,1-3H3. The lowest BCUT2D eigenvalue weighted by atomic mass is 10.1. The summed E-state index contributed by atoms with van der Waals surface area (Å²) in [6.45, 7) is 4.04. The van der Waals surface area contributed by atoms with Gasteiger partial charge in [-0.15, -0.1) is 0 Å². The number of pyridine rings is 1. The first-order valence-corrected chi connectivity index (χ1v) is 8.24. The molecule has 0 aliphatic carbocycles. The Morgan fingerprint density at radius 1 is 1.23 bits per heavy atom. The van der Waals surface area contributed by atoms with E-state index < -0.39 is 0 Å². The lowest BCUT2D eigenvalue weighted by molar-refractivity contribution is 0.375. The van der Waals surface area contributed by atoms with E-state index in [0.29, 0.717) is 0 Å². The summed E-state index contributed by atoms with van der Waals surface area (Å²) in [5.74, 6) is 0. The Kier molecular flexibility index (Phi) is 3.20. The van der Waals surface area contributed by atoms with Gasteiger partial charge < -0.3 is 4.90 Å². The minimum Gasteiger partial charge on any atom is -0.308 e. The molecule has 0 bridgehead atoms. The molecule has 1 aromatic carbocycles. The van der Waals surface area contributed by atoms with Crippen LogP contribution in [0.3, 0.4) is 0 Å². The van der Waals surface area contributed by atoms with Gasteiger partial charge in [-0.3, -0.25) is 9.67 Å². The van der Waals surface area contributed by atoms with Gasteiger partial charge in [-0.1, -0.05) is 17.8 Å². The molecule has 1 aliphatic rings. The summed E-state index contributed by atoms with van der Waals surface area (Å²) in [5.41, 5.74) is 4.88. The quantitative estimate of drug-likeness (QED) is 0.580. The molecule has 5 heteroatoms. The van der Waals surface area contributed by atoms with E-state index in [1.54, 1.807) is 0 Å². The maximum absolute atomic E-state index is 4.85. The second kappa shape index (κ2) is 5.11. The summed E-state index contributed by atoms with van der Waals surface area (Å²) in [6.07, 6.45) is 3.83. The fourth-order valence-corrected chi connectivity index (χ4v) is 4.07. The van der Waals surface area contributed by atoms with Crippen LogP contribution in [0.1, 0.15) is 5.56 Å². The van der Waals surface area contributed by atoms with Crippen molar-refractivity contribution in [3.63, 3.8) is 0 Å². The fraction of sp³-hybridized carbons (Fsp3) is 0.294. The average molecular weight is 310 g/mol. The highest BCUT2D eigenvalue weighted by Gasteiger charge is 2.25. The Morgan fingerprint density at radius 2 is 2.09 bits per heavy atom. The lowest BCUT2D eigenvalue weighted by Gasteiger charge is -2.19. The average Bonchev–Trinajstić information content (AvgIpc) is 2.89. The lowest BCUT2D eigenvalue weighted by Crippen LogP contribution is -2.19. The number of rotatable bonds is 3. The number of aryl methyl sites for hydroxylation is 1. The van der Waals surface area contributed by atoms with Crippen LogP contribution in [-0.2, 0) is 6.54 Å². The first-order chi connectivity index (χ1) is 10.6. The van der Waals surface area contributed by atoms with Gasteiger partial charge in [0.05, 0.1) is 17.8 Å². The van der Waals surface area contributed by atoms with E-state index in [2.05, 4.69) is 53.8 Å². The highest BCUT2D eigenvalue weighted by atomic mass is 32.2. The molecule has 0 N–H and O–H groups in total. The van der Waals surface area contributed by atoms with E-state index in [9.17, 15) is 0 Å². The van der Waals surface area contributed by atoms with E-state index in [1.807, 2.05) is 24.2 Å². The second-order valence-electron chi connectivity index (χ2n) is 5.95. The number of hydrogen-bond acceptors (Lipinski definition) is 4. The third kappa shape index (κ3) is 2.04. The molecule has 0 atom stereocenters. The molecule has 4 rings (SSSR count). The Morgan fingerprint density at radius 3 is 2.91 bits per heavy atom. The van der Waals surface area contributed by atoms with Crippen LogP contribution in [0.15, 0.2) is 40.4 Å². The van der Waals surface area contributed by atoms with Crippen LogP contribution in [0.4, 0.5) is 0 Å². The van der Waals surface area contributed by atoms with Gasteiger partial charge in [0.15, 0.2) is 0 Å². The molecule has 0 amide bonds. The van der Waals surface area contributed by atoms with Crippen molar-refractivity contribution in [2.24, 2.45) is 0 Å². The van der Waals surface area contributed by atoms with Crippen molar-refractivity contribution in [1.82, 2.24) is 19.7 Å². The smallest absolute Gasteiger partial charge is 0.0941 e. The molecule has 112 valence electrons. The zero-order valence-corrected chi connectivity index (χ0v) is 13.8. The maximum atomic E-state index is 4.85. The monoisotopic (exact) mass is 310 g/mol. The molecule has 3 heterocycles. The van der Waals surface area contributed by atoms with E-state index in [4.69, 9.17) is 5.10 Å². The normalized spacial score (nSPS) is 12.9. The molecule has 3 aromatic rings. The first kappa shape index (κ1) is 13.8. The Hall–Kier alpha value is -1.85. The van der Waals surface area contributed by atoms with Gasteiger partial charge in [0.1, 0.15) is 0 Å².